The van der Waals surface area contributed by atoms with Crippen LogP contribution in [-0.4, -0.2) is 37.5 Å². The van der Waals surface area contributed by atoms with Crippen LogP contribution in [0.1, 0.15) is 21.5 Å². The number of halogens is 1. The Morgan fingerprint density at radius 3 is 2.34 bits per heavy atom. The molecule has 0 saturated carbocycles. The first kappa shape index (κ1) is 29.0. The topological polar surface area (TPSA) is 104 Å². The number of aliphatic imine (C=N–C) groups is 1. The Morgan fingerprint density at radius 1 is 0.909 bits per heavy atom. The number of hydrogen-bond acceptors (Lipinski definition) is 5. The summed E-state index contributed by atoms with van der Waals surface area (Å²) in [6, 6.07) is 30.5. The number of hydrogen-bond donors (Lipinski definition) is 2. The average molecular weight is 621 g/mol. The first-order chi connectivity index (χ1) is 21.3. The number of amidine groups is 1. The number of thioether (sulfide) groups is 1. The van der Waals surface area contributed by atoms with E-state index in [-0.39, 0.29) is 30.5 Å². The maximum absolute atomic E-state index is 13.8. The van der Waals surface area contributed by atoms with E-state index in [4.69, 9.17) is 16.6 Å². The summed E-state index contributed by atoms with van der Waals surface area (Å²) < 4.78 is 1.86. The van der Waals surface area contributed by atoms with Crippen LogP contribution in [0, 0.1) is 0 Å². The molecule has 0 aliphatic carbocycles. The van der Waals surface area contributed by atoms with E-state index >= 15 is 0 Å². The summed E-state index contributed by atoms with van der Waals surface area (Å²) in [7, 11) is 0. The molecule has 1 saturated heterocycles. The molecule has 1 fully saturated rings. The molecule has 10 heteroatoms. The average Bonchev–Trinajstić information content (AvgIpc) is 3.51. The number of nitrogens with zero attached hydrogens (tertiary/aromatic N) is 3. The van der Waals surface area contributed by atoms with Gasteiger partial charge in [-0.15, -0.1) is 0 Å². The molecule has 8 nitrogen and oxygen atoms in total. The molecule has 0 atom stereocenters. The van der Waals surface area contributed by atoms with Crippen molar-refractivity contribution in [3.05, 3.63) is 136 Å². The summed E-state index contributed by atoms with van der Waals surface area (Å²) >= 11 is 7.24. The molecule has 0 spiro atoms. The van der Waals surface area contributed by atoms with Crippen LogP contribution in [0.4, 0.5) is 11.4 Å². The minimum Gasteiger partial charge on any atom is -0.478 e. The van der Waals surface area contributed by atoms with Gasteiger partial charge in [0.15, 0.2) is 5.17 Å². The number of amides is 2. The van der Waals surface area contributed by atoms with Crippen LogP contribution in [0.15, 0.2) is 119 Å². The van der Waals surface area contributed by atoms with Crippen molar-refractivity contribution in [1.82, 2.24) is 9.47 Å². The molecule has 2 amide bonds. The van der Waals surface area contributed by atoms with Gasteiger partial charge in [0, 0.05) is 33.4 Å². The normalized spacial score (nSPS) is 14.9. The molecular weight excluding hydrogens is 596 g/mol. The van der Waals surface area contributed by atoms with E-state index in [9.17, 15) is 19.5 Å². The van der Waals surface area contributed by atoms with Crippen molar-refractivity contribution < 1.29 is 19.5 Å². The number of nitrogens with one attached hydrogen (secondary N) is 1. The summed E-state index contributed by atoms with van der Waals surface area (Å²) in [5, 5.41) is 14.2. The predicted molar refractivity (Wildman–Crippen MR) is 175 cm³/mol. The number of para-hydroxylation sites is 2. The molecule has 0 radical (unpaired) electrons. The Balaban J connectivity index is 1.31. The minimum absolute atomic E-state index is 0.0760. The molecule has 0 unspecified atom stereocenters. The van der Waals surface area contributed by atoms with Gasteiger partial charge in [-0.25, -0.2) is 9.79 Å². The summed E-state index contributed by atoms with van der Waals surface area (Å²) in [4.78, 5) is 44.9. The van der Waals surface area contributed by atoms with E-state index in [0.29, 0.717) is 26.5 Å². The minimum atomic E-state index is -1.01. The second-order valence-corrected chi connectivity index (χ2v) is 11.5. The van der Waals surface area contributed by atoms with Crippen LogP contribution in [0.2, 0.25) is 5.02 Å². The van der Waals surface area contributed by atoms with Gasteiger partial charge in [0.05, 0.1) is 22.7 Å². The molecule has 2 N–H and O–H groups in total. The Hall–Kier alpha value is -5.12. The fourth-order valence-electron chi connectivity index (χ4n) is 4.83. The SMILES string of the molecule is O=C(Cn1cc(/C=C2\SC(=Nc3ccccc3)N(Cc3ccc(C(=O)O)cc3)C2=O)c2ccccc21)Nc1ccc(Cl)cc1. The smallest absolute Gasteiger partial charge is 0.335 e. The van der Waals surface area contributed by atoms with Crippen LogP contribution in [-0.2, 0) is 22.7 Å². The number of aromatic nitrogens is 1. The number of aromatic carboxylic acids is 1. The molecule has 218 valence electrons. The second-order valence-electron chi connectivity index (χ2n) is 10.0. The monoisotopic (exact) mass is 620 g/mol. The molecule has 0 bridgehead atoms. The van der Waals surface area contributed by atoms with Gasteiger partial charge in [0.25, 0.3) is 5.91 Å². The molecule has 2 heterocycles. The van der Waals surface area contributed by atoms with Crippen LogP contribution in [0.5, 0.6) is 0 Å². The molecule has 4 aromatic carbocycles. The zero-order valence-electron chi connectivity index (χ0n) is 23.2. The van der Waals surface area contributed by atoms with Crippen molar-refractivity contribution >= 4 is 74.7 Å². The van der Waals surface area contributed by atoms with Crippen molar-refractivity contribution in [3.63, 3.8) is 0 Å². The molecule has 44 heavy (non-hydrogen) atoms. The highest BCUT2D eigenvalue weighted by atomic mass is 35.5. The van der Waals surface area contributed by atoms with Crippen LogP contribution in [0.25, 0.3) is 17.0 Å². The van der Waals surface area contributed by atoms with E-state index in [1.54, 1.807) is 41.3 Å². The van der Waals surface area contributed by atoms with E-state index in [2.05, 4.69) is 5.32 Å². The summed E-state index contributed by atoms with van der Waals surface area (Å²) in [5.41, 5.74) is 3.95. The van der Waals surface area contributed by atoms with Crippen molar-refractivity contribution in [2.75, 3.05) is 5.32 Å². The number of fused-ring (bicyclic) bond motifs is 1. The van der Waals surface area contributed by atoms with E-state index in [0.717, 1.165) is 22.0 Å². The number of carbonyl (C=O) groups excluding carboxylic acids is 2. The fourth-order valence-corrected chi connectivity index (χ4v) is 5.94. The first-order valence-corrected chi connectivity index (χ1v) is 14.8. The van der Waals surface area contributed by atoms with Crippen LogP contribution < -0.4 is 5.32 Å². The number of benzene rings is 4. The maximum atomic E-state index is 13.8. The summed E-state index contributed by atoms with van der Waals surface area (Å²) in [5.74, 6) is -1.43. The number of carboxylic acid groups (broad SMARTS) is 1. The highest BCUT2D eigenvalue weighted by molar-refractivity contribution is 8.18. The zero-order valence-corrected chi connectivity index (χ0v) is 24.8. The van der Waals surface area contributed by atoms with Crippen molar-refractivity contribution in [3.8, 4) is 0 Å². The first-order valence-electron chi connectivity index (χ1n) is 13.6. The van der Waals surface area contributed by atoms with Crippen LogP contribution >= 0.6 is 23.4 Å². The Labute approximate surface area is 262 Å². The maximum Gasteiger partial charge on any atom is 0.335 e. The van der Waals surface area contributed by atoms with E-state index in [1.165, 1.54) is 23.9 Å². The zero-order chi connectivity index (χ0) is 30.6. The highest BCUT2D eigenvalue weighted by Crippen LogP contribution is 2.36. The lowest BCUT2D eigenvalue weighted by Crippen LogP contribution is -2.28. The van der Waals surface area contributed by atoms with E-state index in [1.807, 2.05) is 71.4 Å². The third-order valence-corrected chi connectivity index (χ3v) is 8.22. The summed E-state index contributed by atoms with van der Waals surface area (Å²) in [6.45, 7) is 0.300. The van der Waals surface area contributed by atoms with Gasteiger partial charge >= 0.3 is 5.97 Å². The number of anilines is 1. The van der Waals surface area contributed by atoms with Crippen molar-refractivity contribution in [2.45, 2.75) is 13.1 Å². The van der Waals surface area contributed by atoms with Crippen molar-refractivity contribution in [1.29, 1.82) is 0 Å². The van der Waals surface area contributed by atoms with Crippen molar-refractivity contribution in [2.24, 2.45) is 4.99 Å². The molecule has 6 rings (SSSR count). The predicted octanol–water partition coefficient (Wildman–Crippen LogP) is 7.44. The van der Waals surface area contributed by atoms with Gasteiger partial charge in [0.1, 0.15) is 6.54 Å². The lowest BCUT2D eigenvalue weighted by atomic mass is 10.1. The second kappa shape index (κ2) is 12.6. The van der Waals surface area contributed by atoms with Gasteiger partial charge in [-0.1, -0.05) is 60.1 Å². The lowest BCUT2D eigenvalue weighted by Gasteiger charge is -2.16. The molecule has 5 aromatic rings. The number of rotatable bonds is 8. The lowest BCUT2D eigenvalue weighted by molar-refractivity contribution is -0.122. The summed E-state index contributed by atoms with van der Waals surface area (Å²) in [6.07, 6.45) is 3.70. The van der Waals surface area contributed by atoms with Gasteiger partial charge in [-0.05, 0) is 78.0 Å². The Kier molecular flexibility index (Phi) is 8.31. The fraction of sp³-hybridized carbons (Fsp3) is 0.0588. The van der Waals surface area contributed by atoms with E-state index < -0.39 is 5.97 Å². The third-order valence-electron chi connectivity index (χ3n) is 6.96. The molecule has 1 aliphatic rings. The van der Waals surface area contributed by atoms with Gasteiger partial charge < -0.3 is 15.0 Å². The Morgan fingerprint density at radius 2 is 1.61 bits per heavy atom. The number of carboxylic acids is 1. The van der Waals surface area contributed by atoms with Gasteiger partial charge in [0.2, 0.25) is 5.91 Å². The number of carbonyl (C=O) groups is 3. The molecular formula is C34H25ClN4O4S. The standard InChI is InChI=1S/C34H25ClN4O4S/c35-25-14-16-27(17-15-25)36-31(40)21-38-20-24(28-8-4-5-9-29(28)38)18-30-32(41)39(19-22-10-12-23(13-11-22)33(42)43)34(44-30)37-26-6-2-1-3-7-26/h1-18,20H,19,21H2,(H,36,40)(H,42,43)/b30-18-,37-34?. The Bertz CT molecular complexity index is 1930. The van der Waals surface area contributed by atoms with Crippen LogP contribution in [0.3, 0.4) is 0 Å². The largest absolute Gasteiger partial charge is 0.478 e. The third kappa shape index (κ3) is 6.44. The molecule has 1 aromatic heterocycles. The van der Waals surface area contributed by atoms with Gasteiger partial charge in [-0.2, -0.15) is 0 Å². The molecule has 1 aliphatic heterocycles. The van der Waals surface area contributed by atoms with Gasteiger partial charge in [-0.3, -0.25) is 14.5 Å². The highest BCUT2D eigenvalue weighted by Gasteiger charge is 2.34. The quantitative estimate of drug-likeness (QED) is 0.176.